The van der Waals surface area contributed by atoms with Gasteiger partial charge in [-0.25, -0.2) is 5.01 Å². The topological polar surface area (TPSA) is 74.8 Å². The van der Waals surface area contributed by atoms with Crippen LogP contribution in [0.5, 0.6) is 0 Å². The van der Waals surface area contributed by atoms with Gasteiger partial charge in [0.15, 0.2) is 5.78 Å². The van der Waals surface area contributed by atoms with E-state index in [4.69, 9.17) is 46.4 Å². The van der Waals surface area contributed by atoms with Gasteiger partial charge in [0.1, 0.15) is 6.54 Å². The van der Waals surface area contributed by atoms with Gasteiger partial charge in [0.05, 0.1) is 26.9 Å². The van der Waals surface area contributed by atoms with E-state index in [0.717, 1.165) is 16.4 Å². The lowest BCUT2D eigenvalue weighted by atomic mass is 9.81. The van der Waals surface area contributed by atoms with Crippen LogP contribution in [0.25, 0.3) is 0 Å². The molecule has 6 atom stereocenters. The van der Waals surface area contributed by atoms with Crippen LogP contribution in [0.3, 0.4) is 0 Å². The number of carbonyl (C=O) groups is 4. The number of fused-ring (bicyclic) bond motifs is 5. The number of hydrogen-bond donors (Lipinski definition) is 0. The molecule has 0 aromatic heterocycles. The number of halogens is 6. The van der Waals surface area contributed by atoms with Crippen molar-refractivity contribution >= 4 is 102 Å². The largest absolute Gasteiger partial charge is 0.292 e. The molecule has 188 valence electrons. The highest BCUT2D eigenvalue weighted by Gasteiger charge is 2.67. The first-order chi connectivity index (χ1) is 17.0. The zero-order chi connectivity index (χ0) is 26.0. The molecule has 0 radical (unpaired) electrons. The van der Waals surface area contributed by atoms with Gasteiger partial charge in [0.25, 0.3) is 17.7 Å². The van der Waals surface area contributed by atoms with E-state index in [0.29, 0.717) is 5.02 Å². The summed E-state index contributed by atoms with van der Waals surface area (Å²) in [5, 5.41) is 2.51. The van der Waals surface area contributed by atoms with E-state index in [-0.39, 0.29) is 47.7 Å². The van der Waals surface area contributed by atoms with Crippen LogP contribution in [-0.2, 0) is 9.59 Å². The predicted molar refractivity (Wildman–Crippen MR) is 144 cm³/mol. The van der Waals surface area contributed by atoms with Crippen LogP contribution >= 0.6 is 78.3 Å². The van der Waals surface area contributed by atoms with E-state index < -0.39 is 41.9 Å². The van der Waals surface area contributed by atoms with Crippen molar-refractivity contribution in [3.8, 4) is 0 Å². The molecule has 3 aliphatic rings. The van der Waals surface area contributed by atoms with Gasteiger partial charge in [0.2, 0.25) is 0 Å². The minimum Gasteiger partial charge on any atom is -0.292 e. The lowest BCUT2D eigenvalue weighted by Gasteiger charge is -2.31. The molecule has 1 saturated heterocycles. The summed E-state index contributed by atoms with van der Waals surface area (Å²) in [5.74, 6) is -3.56. The lowest BCUT2D eigenvalue weighted by Crippen LogP contribution is -2.52. The Bertz CT molecular complexity index is 1290. The average Bonchev–Trinajstić information content (AvgIpc) is 3.44. The maximum Gasteiger partial charge on any atom is 0.273 e. The third-order valence-corrected chi connectivity index (χ3v) is 11.6. The molecular formula is C24H16Br2Cl4N2O4. The first kappa shape index (κ1) is 26.4. The van der Waals surface area contributed by atoms with Crippen molar-refractivity contribution in [2.45, 2.75) is 16.1 Å². The zero-order valence-corrected chi connectivity index (χ0v) is 24.3. The molecule has 0 spiro atoms. The molecule has 6 nitrogen and oxygen atoms in total. The first-order valence-electron chi connectivity index (χ1n) is 10.9. The summed E-state index contributed by atoms with van der Waals surface area (Å²) < 4.78 is 0. The highest BCUT2D eigenvalue weighted by molar-refractivity contribution is 9.12. The van der Waals surface area contributed by atoms with Crippen molar-refractivity contribution in [3.05, 3.63) is 67.6 Å². The number of benzene rings is 2. The Balaban J connectivity index is 1.53. The summed E-state index contributed by atoms with van der Waals surface area (Å²) in [4.78, 5) is 54.3. The maximum absolute atomic E-state index is 13.7. The van der Waals surface area contributed by atoms with Gasteiger partial charge in [-0.3, -0.25) is 19.2 Å². The number of carbonyl (C=O) groups excluding carboxylic acids is 4. The van der Waals surface area contributed by atoms with Crippen LogP contribution in [-0.4, -0.2) is 49.7 Å². The standard InChI is InChI=1S/C24H16Br2Cl4N2O4/c25-20-12-7-13(21(20)26)19-18(12)23(35)32(24(19)36)31(22(34)9-1-4-14(28)16(30)5-9)8-17(33)11-3-2-10(27)6-15(11)29/h1-6,12-13,18-21H,7-8H2/t12-,13-,18-,19+,20+,21+/m1/s1. The number of nitrogens with zero attached hydrogens (tertiary/aromatic N) is 2. The fourth-order valence-electron chi connectivity index (χ4n) is 5.52. The molecule has 1 heterocycles. The van der Waals surface area contributed by atoms with Gasteiger partial charge in [-0.15, -0.1) is 0 Å². The Hall–Kier alpha value is -1.16. The average molecular weight is 698 g/mol. The minimum absolute atomic E-state index is 0.0224. The minimum atomic E-state index is -0.744. The summed E-state index contributed by atoms with van der Waals surface area (Å²) in [6, 6.07) is 8.51. The molecule has 36 heavy (non-hydrogen) atoms. The second-order valence-electron chi connectivity index (χ2n) is 9.03. The number of amides is 3. The molecule has 3 fully saturated rings. The van der Waals surface area contributed by atoms with Gasteiger partial charge in [-0.2, -0.15) is 5.01 Å². The molecular weight excluding hydrogens is 682 g/mol. The van der Waals surface area contributed by atoms with E-state index >= 15 is 0 Å². The molecule has 1 aliphatic heterocycles. The Kier molecular flexibility index (Phi) is 7.24. The van der Waals surface area contributed by atoms with Crippen LogP contribution in [0.15, 0.2) is 36.4 Å². The smallest absolute Gasteiger partial charge is 0.273 e. The number of hydrogen-bond acceptors (Lipinski definition) is 4. The fourth-order valence-corrected chi connectivity index (χ4v) is 8.20. The van der Waals surface area contributed by atoms with E-state index in [9.17, 15) is 19.2 Å². The number of hydrazine groups is 1. The highest BCUT2D eigenvalue weighted by atomic mass is 79.9. The zero-order valence-electron chi connectivity index (χ0n) is 18.1. The number of Topliss-reactive ketones (excluding diaryl/α,β-unsaturated/α-hetero) is 1. The Labute approximate surface area is 243 Å². The van der Waals surface area contributed by atoms with E-state index in [2.05, 4.69) is 31.9 Å². The molecule has 5 rings (SSSR count). The first-order valence-corrected chi connectivity index (χ1v) is 14.3. The fraction of sp³-hybridized carbons (Fsp3) is 0.333. The monoisotopic (exact) mass is 694 g/mol. The Morgan fingerprint density at radius 3 is 2.03 bits per heavy atom. The van der Waals surface area contributed by atoms with Crippen LogP contribution in [0, 0.1) is 23.7 Å². The molecule has 0 N–H and O–H groups in total. The summed E-state index contributed by atoms with van der Waals surface area (Å²) in [7, 11) is 0. The van der Waals surface area contributed by atoms with Crippen molar-refractivity contribution in [1.82, 2.24) is 10.0 Å². The number of imide groups is 1. The van der Waals surface area contributed by atoms with Crippen molar-refractivity contribution in [2.24, 2.45) is 23.7 Å². The number of rotatable bonds is 5. The van der Waals surface area contributed by atoms with E-state index in [1.807, 2.05) is 0 Å². The lowest BCUT2D eigenvalue weighted by molar-refractivity contribution is -0.154. The summed E-state index contributed by atoms with van der Waals surface area (Å²) >= 11 is 31.6. The van der Waals surface area contributed by atoms with Crippen molar-refractivity contribution in [1.29, 1.82) is 0 Å². The van der Waals surface area contributed by atoms with Crippen molar-refractivity contribution < 1.29 is 19.2 Å². The second kappa shape index (κ2) is 9.86. The van der Waals surface area contributed by atoms with Gasteiger partial charge in [0, 0.05) is 25.8 Å². The van der Waals surface area contributed by atoms with Crippen LogP contribution in [0.4, 0.5) is 0 Å². The van der Waals surface area contributed by atoms with Gasteiger partial charge < -0.3 is 0 Å². The van der Waals surface area contributed by atoms with E-state index in [1.165, 1.54) is 36.4 Å². The molecule has 2 saturated carbocycles. The molecule has 3 amide bonds. The molecule has 0 unspecified atom stereocenters. The molecule has 2 aromatic rings. The maximum atomic E-state index is 13.7. The third kappa shape index (κ3) is 4.22. The SMILES string of the molecule is O=C(CN(C(=O)c1ccc(Cl)c(Cl)c1)N1C(=O)[C@@H]2[C@H]3C[C@@H]([C@H](Br)[C@H]3Br)[C@@H]2C1=O)c1ccc(Cl)cc1Cl. The summed E-state index contributed by atoms with van der Waals surface area (Å²) in [5.41, 5.74) is 0.171. The molecule has 2 aromatic carbocycles. The van der Waals surface area contributed by atoms with Gasteiger partial charge in [-0.05, 0) is 54.7 Å². The van der Waals surface area contributed by atoms with Crippen LogP contribution in [0.1, 0.15) is 27.1 Å². The van der Waals surface area contributed by atoms with Crippen LogP contribution in [0.2, 0.25) is 20.1 Å². The number of ketones is 1. The number of alkyl halides is 2. The normalized spacial score (nSPS) is 28.6. The molecule has 2 aliphatic carbocycles. The quantitative estimate of drug-likeness (QED) is 0.208. The van der Waals surface area contributed by atoms with Gasteiger partial charge >= 0.3 is 0 Å². The highest BCUT2D eigenvalue weighted by Crippen LogP contribution is 2.60. The molecule has 12 heteroatoms. The predicted octanol–water partition coefficient (Wildman–Crippen LogP) is 6.32. The van der Waals surface area contributed by atoms with Gasteiger partial charge in [-0.1, -0.05) is 78.3 Å². The van der Waals surface area contributed by atoms with E-state index in [1.54, 1.807) is 0 Å². The summed E-state index contributed by atoms with van der Waals surface area (Å²) in [6.07, 6.45) is 0.729. The van der Waals surface area contributed by atoms with Crippen molar-refractivity contribution in [2.75, 3.05) is 6.54 Å². The second-order valence-corrected chi connectivity index (χ2v) is 12.8. The third-order valence-electron chi connectivity index (χ3n) is 7.13. The Morgan fingerprint density at radius 1 is 0.861 bits per heavy atom. The Morgan fingerprint density at radius 2 is 1.47 bits per heavy atom. The van der Waals surface area contributed by atoms with Crippen LogP contribution < -0.4 is 0 Å². The summed E-state index contributed by atoms with van der Waals surface area (Å²) in [6.45, 7) is -0.595. The molecule has 2 bridgehead atoms. The van der Waals surface area contributed by atoms with Crippen molar-refractivity contribution in [3.63, 3.8) is 0 Å².